The molecule has 1 fully saturated rings. The summed E-state index contributed by atoms with van der Waals surface area (Å²) in [6, 6.07) is 3.82. The Kier molecular flexibility index (Phi) is 4.90. The highest BCUT2D eigenvalue weighted by Gasteiger charge is 2.22. The normalized spacial score (nSPS) is 16.9. The van der Waals surface area contributed by atoms with Gasteiger partial charge >= 0.3 is 5.97 Å². The molecule has 1 saturated heterocycles. The first kappa shape index (κ1) is 15.6. The molecule has 1 aliphatic rings. The third kappa shape index (κ3) is 3.85. The average molecular weight is 339 g/mol. The van der Waals surface area contributed by atoms with Crippen LogP contribution < -0.4 is 0 Å². The molecule has 5 nitrogen and oxygen atoms in total. The van der Waals surface area contributed by atoms with Crippen molar-refractivity contribution < 1.29 is 22.7 Å². The van der Waals surface area contributed by atoms with Gasteiger partial charge in [-0.3, -0.25) is 0 Å². The van der Waals surface area contributed by atoms with Gasteiger partial charge in [-0.05, 0) is 18.2 Å². The Labute approximate surface area is 126 Å². The quantitative estimate of drug-likeness (QED) is 0.625. The molecule has 0 saturated carbocycles. The van der Waals surface area contributed by atoms with Gasteiger partial charge in [0, 0.05) is 23.5 Å². The Morgan fingerprint density at radius 2 is 1.95 bits per heavy atom. The van der Waals surface area contributed by atoms with Crippen LogP contribution in [0.5, 0.6) is 0 Å². The molecule has 1 aromatic carbocycles. The molecule has 20 heavy (non-hydrogen) atoms. The predicted octanol–water partition coefficient (Wildman–Crippen LogP) is 2.60. The summed E-state index contributed by atoms with van der Waals surface area (Å²) in [5.74, 6) is -0.602. The summed E-state index contributed by atoms with van der Waals surface area (Å²) < 4.78 is 33.1. The minimum atomic E-state index is -4.01. The van der Waals surface area contributed by atoms with E-state index in [0.717, 1.165) is 6.07 Å². The fraction of sp³-hybridized carbons (Fsp3) is 0.417. The molecule has 8 heteroatoms. The molecule has 0 bridgehead atoms. The molecule has 0 radical (unpaired) electrons. The highest BCUT2D eigenvalue weighted by molar-refractivity contribution is 8.13. The van der Waals surface area contributed by atoms with E-state index in [4.69, 9.17) is 31.8 Å². The lowest BCUT2D eigenvalue weighted by molar-refractivity contribution is -0.0159. The molecule has 0 spiro atoms. The van der Waals surface area contributed by atoms with E-state index in [0.29, 0.717) is 26.1 Å². The molecular formula is C12H12Cl2O5S. The van der Waals surface area contributed by atoms with Crippen LogP contribution in [0, 0.1) is 0 Å². The number of carbonyl (C=O) groups is 1. The number of esters is 1. The Morgan fingerprint density at radius 3 is 2.55 bits per heavy atom. The van der Waals surface area contributed by atoms with Gasteiger partial charge in [0.1, 0.15) is 11.0 Å². The number of carbonyl (C=O) groups excluding carboxylic acids is 1. The monoisotopic (exact) mass is 338 g/mol. The van der Waals surface area contributed by atoms with E-state index in [1.54, 1.807) is 0 Å². The molecule has 2 rings (SSSR count). The minimum Gasteiger partial charge on any atom is -0.459 e. The molecular weight excluding hydrogens is 327 g/mol. The number of benzene rings is 1. The van der Waals surface area contributed by atoms with E-state index < -0.39 is 15.0 Å². The number of hydrogen-bond acceptors (Lipinski definition) is 5. The van der Waals surface area contributed by atoms with Crippen LogP contribution >= 0.6 is 22.3 Å². The zero-order chi connectivity index (χ0) is 14.8. The standard InChI is InChI=1S/C12H12Cl2O5S/c13-10-2-1-8(7-11(10)20(14,16)17)12(15)19-9-3-5-18-6-4-9/h1-2,7,9H,3-6H2. The van der Waals surface area contributed by atoms with Crippen LogP contribution in [0.3, 0.4) is 0 Å². The summed E-state index contributed by atoms with van der Waals surface area (Å²) in [5.41, 5.74) is 0.0973. The molecule has 1 aliphatic heterocycles. The summed E-state index contributed by atoms with van der Waals surface area (Å²) in [6.45, 7) is 1.08. The summed E-state index contributed by atoms with van der Waals surface area (Å²) in [5, 5.41) is -0.0392. The largest absolute Gasteiger partial charge is 0.459 e. The van der Waals surface area contributed by atoms with Crippen molar-refractivity contribution in [1.29, 1.82) is 0 Å². The molecule has 0 amide bonds. The highest BCUT2D eigenvalue weighted by atomic mass is 35.7. The maximum atomic E-state index is 12.0. The van der Waals surface area contributed by atoms with Gasteiger partial charge in [-0.15, -0.1) is 0 Å². The fourth-order valence-electron chi connectivity index (χ4n) is 1.83. The van der Waals surface area contributed by atoms with Crippen molar-refractivity contribution in [1.82, 2.24) is 0 Å². The summed E-state index contributed by atoms with van der Waals surface area (Å²) in [4.78, 5) is 11.7. The second kappa shape index (κ2) is 6.30. The van der Waals surface area contributed by atoms with Crippen LogP contribution in [0.4, 0.5) is 0 Å². The Balaban J connectivity index is 2.18. The van der Waals surface area contributed by atoms with Crippen molar-refractivity contribution in [3.63, 3.8) is 0 Å². The second-order valence-electron chi connectivity index (χ2n) is 4.30. The van der Waals surface area contributed by atoms with Crippen molar-refractivity contribution in [3.8, 4) is 0 Å². The smallest absolute Gasteiger partial charge is 0.338 e. The van der Waals surface area contributed by atoms with Gasteiger partial charge in [0.25, 0.3) is 9.05 Å². The SMILES string of the molecule is O=C(OC1CCOCC1)c1ccc(Cl)c(S(=O)(=O)Cl)c1. The topological polar surface area (TPSA) is 69.7 Å². The van der Waals surface area contributed by atoms with Gasteiger partial charge in [0.15, 0.2) is 0 Å². The van der Waals surface area contributed by atoms with Crippen molar-refractivity contribution in [2.45, 2.75) is 23.8 Å². The number of halogens is 2. The van der Waals surface area contributed by atoms with Gasteiger partial charge in [0.05, 0.1) is 23.8 Å². The first-order chi connectivity index (χ1) is 9.38. The Morgan fingerprint density at radius 1 is 1.30 bits per heavy atom. The maximum absolute atomic E-state index is 12.0. The summed E-state index contributed by atoms with van der Waals surface area (Å²) in [7, 11) is 1.24. The van der Waals surface area contributed by atoms with E-state index >= 15 is 0 Å². The Hall–Kier alpha value is -0.820. The summed E-state index contributed by atoms with van der Waals surface area (Å²) in [6.07, 6.45) is 1.03. The lowest BCUT2D eigenvalue weighted by Gasteiger charge is -2.22. The van der Waals surface area contributed by atoms with E-state index in [1.165, 1.54) is 12.1 Å². The van der Waals surface area contributed by atoms with Crippen molar-refractivity contribution in [2.75, 3.05) is 13.2 Å². The van der Waals surface area contributed by atoms with Crippen molar-refractivity contribution in [2.24, 2.45) is 0 Å². The molecule has 0 aliphatic carbocycles. The van der Waals surface area contributed by atoms with Gasteiger partial charge in [-0.1, -0.05) is 11.6 Å². The first-order valence-corrected chi connectivity index (χ1v) is 8.59. The van der Waals surface area contributed by atoms with Crippen LogP contribution in [0.1, 0.15) is 23.2 Å². The van der Waals surface area contributed by atoms with E-state index in [-0.39, 0.29) is 21.6 Å². The van der Waals surface area contributed by atoms with Gasteiger partial charge in [-0.2, -0.15) is 0 Å². The predicted molar refractivity (Wildman–Crippen MR) is 73.7 cm³/mol. The molecule has 0 unspecified atom stereocenters. The fourth-order valence-corrected chi connectivity index (χ4v) is 3.32. The van der Waals surface area contributed by atoms with Crippen LogP contribution in [0.25, 0.3) is 0 Å². The molecule has 0 aromatic heterocycles. The third-order valence-corrected chi connectivity index (χ3v) is 4.68. The minimum absolute atomic E-state index is 0.0392. The molecule has 1 heterocycles. The molecule has 110 valence electrons. The number of hydrogen-bond donors (Lipinski definition) is 0. The van der Waals surface area contributed by atoms with Crippen LogP contribution in [0.2, 0.25) is 5.02 Å². The first-order valence-electron chi connectivity index (χ1n) is 5.91. The van der Waals surface area contributed by atoms with Crippen LogP contribution in [-0.2, 0) is 18.5 Å². The molecule has 0 N–H and O–H groups in total. The van der Waals surface area contributed by atoms with Crippen LogP contribution in [-0.4, -0.2) is 33.7 Å². The maximum Gasteiger partial charge on any atom is 0.338 e. The average Bonchev–Trinajstić information content (AvgIpc) is 2.39. The van der Waals surface area contributed by atoms with Gasteiger partial charge in [0.2, 0.25) is 0 Å². The zero-order valence-electron chi connectivity index (χ0n) is 10.3. The van der Waals surface area contributed by atoms with Crippen molar-refractivity contribution >= 4 is 37.3 Å². The van der Waals surface area contributed by atoms with E-state index in [2.05, 4.69) is 0 Å². The van der Waals surface area contributed by atoms with E-state index in [9.17, 15) is 13.2 Å². The second-order valence-corrected chi connectivity index (χ2v) is 7.24. The zero-order valence-corrected chi connectivity index (χ0v) is 12.7. The van der Waals surface area contributed by atoms with Crippen LogP contribution in [0.15, 0.2) is 23.1 Å². The number of ether oxygens (including phenoxy) is 2. The molecule has 1 aromatic rings. The molecule has 0 atom stereocenters. The third-order valence-electron chi connectivity index (χ3n) is 2.87. The Bertz CT molecular complexity index is 608. The summed E-state index contributed by atoms with van der Waals surface area (Å²) >= 11 is 5.75. The number of rotatable bonds is 3. The van der Waals surface area contributed by atoms with Gasteiger partial charge < -0.3 is 9.47 Å². The lowest BCUT2D eigenvalue weighted by atomic mass is 10.1. The van der Waals surface area contributed by atoms with E-state index in [1.807, 2.05) is 0 Å². The van der Waals surface area contributed by atoms with Gasteiger partial charge in [-0.25, -0.2) is 13.2 Å². The lowest BCUT2D eigenvalue weighted by Crippen LogP contribution is -2.26. The highest BCUT2D eigenvalue weighted by Crippen LogP contribution is 2.26. The van der Waals surface area contributed by atoms with Crippen molar-refractivity contribution in [3.05, 3.63) is 28.8 Å².